The Bertz CT molecular complexity index is 436. The topological polar surface area (TPSA) is 87.7 Å². The lowest BCUT2D eigenvalue weighted by molar-refractivity contribution is -0.139. The standard InChI is InChI=1S/C14H22N2O4S/c1-10(8-11-5-7-21-9-11)15-14(19)16-12(13(17)18)4-3-6-20-2/h5,7,9-10,12H,3-4,6,8H2,1-2H3,(H,17,18)(H2,15,16,19). The average molecular weight is 314 g/mol. The van der Waals surface area contributed by atoms with E-state index in [0.717, 1.165) is 12.0 Å². The van der Waals surface area contributed by atoms with E-state index in [1.807, 2.05) is 23.8 Å². The number of hydrogen-bond acceptors (Lipinski definition) is 4. The van der Waals surface area contributed by atoms with Gasteiger partial charge in [0.2, 0.25) is 0 Å². The summed E-state index contributed by atoms with van der Waals surface area (Å²) in [5.74, 6) is -1.04. The monoisotopic (exact) mass is 314 g/mol. The van der Waals surface area contributed by atoms with Gasteiger partial charge in [0, 0.05) is 19.8 Å². The predicted octanol–water partition coefficient (Wildman–Crippen LogP) is 1.86. The Morgan fingerprint density at radius 1 is 1.43 bits per heavy atom. The van der Waals surface area contributed by atoms with Crippen LogP contribution in [0.25, 0.3) is 0 Å². The number of amides is 2. The number of aliphatic carboxylic acids is 1. The van der Waals surface area contributed by atoms with E-state index in [2.05, 4.69) is 10.6 Å². The van der Waals surface area contributed by atoms with Gasteiger partial charge in [-0.1, -0.05) is 0 Å². The number of rotatable bonds is 9. The van der Waals surface area contributed by atoms with E-state index >= 15 is 0 Å². The van der Waals surface area contributed by atoms with Crippen molar-refractivity contribution in [3.8, 4) is 0 Å². The maximum Gasteiger partial charge on any atom is 0.326 e. The number of urea groups is 1. The number of thiophene rings is 1. The summed E-state index contributed by atoms with van der Waals surface area (Å²) in [5.41, 5.74) is 1.16. The third-order valence-electron chi connectivity index (χ3n) is 2.94. The molecule has 0 aliphatic heterocycles. The van der Waals surface area contributed by atoms with Gasteiger partial charge in [-0.05, 0) is 48.6 Å². The van der Waals surface area contributed by atoms with Crippen LogP contribution in [0, 0.1) is 0 Å². The zero-order chi connectivity index (χ0) is 15.7. The first-order valence-corrected chi connectivity index (χ1v) is 7.77. The van der Waals surface area contributed by atoms with Crippen LogP contribution in [0.5, 0.6) is 0 Å². The van der Waals surface area contributed by atoms with Gasteiger partial charge >= 0.3 is 12.0 Å². The Morgan fingerprint density at radius 3 is 2.76 bits per heavy atom. The minimum Gasteiger partial charge on any atom is -0.480 e. The van der Waals surface area contributed by atoms with E-state index in [1.54, 1.807) is 18.4 Å². The summed E-state index contributed by atoms with van der Waals surface area (Å²) in [4.78, 5) is 22.9. The fourth-order valence-corrected chi connectivity index (χ4v) is 2.61. The Morgan fingerprint density at radius 2 is 2.19 bits per heavy atom. The van der Waals surface area contributed by atoms with E-state index in [4.69, 9.17) is 9.84 Å². The molecule has 118 valence electrons. The van der Waals surface area contributed by atoms with Crippen LogP contribution < -0.4 is 10.6 Å². The van der Waals surface area contributed by atoms with E-state index < -0.39 is 18.0 Å². The van der Waals surface area contributed by atoms with Crippen molar-refractivity contribution < 1.29 is 19.4 Å². The SMILES string of the molecule is COCCCC(NC(=O)NC(C)Cc1ccsc1)C(=O)O. The molecule has 1 aromatic rings. The number of nitrogens with one attached hydrogen (secondary N) is 2. The second-order valence-corrected chi connectivity index (χ2v) is 5.66. The number of carbonyl (C=O) groups excluding carboxylic acids is 1. The van der Waals surface area contributed by atoms with Crippen LogP contribution in [0.15, 0.2) is 16.8 Å². The molecule has 6 nitrogen and oxygen atoms in total. The highest BCUT2D eigenvalue weighted by molar-refractivity contribution is 7.07. The first kappa shape index (κ1) is 17.5. The van der Waals surface area contributed by atoms with Gasteiger partial charge in [0.15, 0.2) is 0 Å². The van der Waals surface area contributed by atoms with Gasteiger partial charge in [-0.15, -0.1) is 0 Å². The lowest BCUT2D eigenvalue weighted by Crippen LogP contribution is -2.48. The molecule has 0 aromatic carbocycles. The number of hydrogen-bond donors (Lipinski definition) is 3. The predicted molar refractivity (Wildman–Crippen MR) is 81.7 cm³/mol. The summed E-state index contributed by atoms with van der Waals surface area (Å²) < 4.78 is 4.88. The Balaban J connectivity index is 2.36. The molecule has 2 unspecified atom stereocenters. The summed E-state index contributed by atoms with van der Waals surface area (Å²) >= 11 is 1.61. The van der Waals surface area contributed by atoms with Crippen molar-refractivity contribution in [3.05, 3.63) is 22.4 Å². The minimum absolute atomic E-state index is 0.0620. The lowest BCUT2D eigenvalue weighted by atomic mass is 10.1. The normalized spacial score (nSPS) is 13.4. The maximum atomic E-state index is 11.8. The highest BCUT2D eigenvalue weighted by atomic mass is 32.1. The molecule has 0 radical (unpaired) electrons. The van der Waals surface area contributed by atoms with Gasteiger partial charge in [-0.25, -0.2) is 9.59 Å². The molecule has 3 N–H and O–H groups in total. The number of methoxy groups -OCH3 is 1. The first-order valence-electron chi connectivity index (χ1n) is 6.82. The van der Waals surface area contributed by atoms with E-state index in [-0.39, 0.29) is 6.04 Å². The lowest BCUT2D eigenvalue weighted by Gasteiger charge is -2.18. The van der Waals surface area contributed by atoms with Crippen LogP contribution in [0.2, 0.25) is 0 Å². The molecule has 0 spiro atoms. The summed E-state index contributed by atoms with van der Waals surface area (Å²) in [7, 11) is 1.56. The average Bonchev–Trinajstić information content (AvgIpc) is 2.90. The van der Waals surface area contributed by atoms with Crippen molar-refractivity contribution in [2.45, 2.75) is 38.3 Å². The smallest absolute Gasteiger partial charge is 0.326 e. The number of ether oxygens (including phenoxy) is 1. The van der Waals surface area contributed by atoms with Crippen molar-refractivity contribution >= 4 is 23.3 Å². The Kier molecular flexibility index (Phi) is 7.78. The summed E-state index contributed by atoms with van der Waals surface area (Å²) in [6.07, 6.45) is 1.64. The molecule has 0 saturated carbocycles. The van der Waals surface area contributed by atoms with Crippen molar-refractivity contribution in [2.24, 2.45) is 0 Å². The summed E-state index contributed by atoms with van der Waals surface area (Å²) in [6.45, 7) is 2.36. The highest BCUT2D eigenvalue weighted by Gasteiger charge is 2.20. The quantitative estimate of drug-likeness (QED) is 0.607. The Labute approximate surface area is 128 Å². The molecule has 1 rings (SSSR count). The van der Waals surface area contributed by atoms with Crippen LogP contribution in [-0.4, -0.2) is 42.9 Å². The minimum atomic E-state index is -1.04. The van der Waals surface area contributed by atoms with E-state index in [0.29, 0.717) is 19.4 Å². The molecular weight excluding hydrogens is 292 g/mol. The number of carbonyl (C=O) groups is 2. The van der Waals surface area contributed by atoms with E-state index in [1.165, 1.54) is 0 Å². The zero-order valence-corrected chi connectivity index (χ0v) is 13.1. The fraction of sp³-hybridized carbons (Fsp3) is 0.571. The zero-order valence-electron chi connectivity index (χ0n) is 12.3. The van der Waals surface area contributed by atoms with E-state index in [9.17, 15) is 9.59 Å². The Hall–Kier alpha value is -1.60. The van der Waals surface area contributed by atoms with Gasteiger partial charge in [0.1, 0.15) is 6.04 Å². The van der Waals surface area contributed by atoms with Gasteiger partial charge in [0.05, 0.1) is 0 Å². The second kappa shape index (κ2) is 9.36. The molecule has 1 heterocycles. The van der Waals surface area contributed by atoms with Crippen LogP contribution in [0.1, 0.15) is 25.3 Å². The first-order chi connectivity index (χ1) is 10.0. The maximum absolute atomic E-state index is 11.8. The van der Waals surface area contributed by atoms with Crippen molar-refractivity contribution in [1.29, 1.82) is 0 Å². The molecule has 0 aliphatic carbocycles. The summed E-state index contributed by atoms with van der Waals surface area (Å²) in [5, 5.41) is 18.3. The third kappa shape index (κ3) is 7.10. The number of carboxylic acid groups (broad SMARTS) is 1. The third-order valence-corrected chi connectivity index (χ3v) is 3.68. The van der Waals surface area contributed by atoms with Crippen molar-refractivity contribution in [1.82, 2.24) is 10.6 Å². The molecule has 0 aliphatic rings. The van der Waals surface area contributed by atoms with Gasteiger partial charge < -0.3 is 20.5 Å². The van der Waals surface area contributed by atoms with Crippen molar-refractivity contribution in [2.75, 3.05) is 13.7 Å². The molecule has 0 saturated heterocycles. The van der Waals surface area contributed by atoms with Crippen molar-refractivity contribution in [3.63, 3.8) is 0 Å². The molecular formula is C14H22N2O4S. The van der Waals surface area contributed by atoms with Crippen LogP contribution in [0.4, 0.5) is 4.79 Å². The molecule has 2 atom stereocenters. The molecule has 1 aromatic heterocycles. The second-order valence-electron chi connectivity index (χ2n) is 4.88. The highest BCUT2D eigenvalue weighted by Crippen LogP contribution is 2.08. The van der Waals surface area contributed by atoms with Gasteiger partial charge in [0.25, 0.3) is 0 Å². The molecule has 0 fully saturated rings. The molecule has 0 bridgehead atoms. The van der Waals surface area contributed by atoms with Gasteiger partial charge in [-0.3, -0.25) is 0 Å². The number of carboxylic acids is 1. The van der Waals surface area contributed by atoms with Crippen LogP contribution in [0.3, 0.4) is 0 Å². The van der Waals surface area contributed by atoms with Crippen LogP contribution in [-0.2, 0) is 16.0 Å². The molecule has 7 heteroatoms. The fourth-order valence-electron chi connectivity index (χ4n) is 1.93. The van der Waals surface area contributed by atoms with Gasteiger partial charge in [-0.2, -0.15) is 11.3 Å². The summed E-state index contributed by atoms with van der Waals surface area (Å²) in [6, 6.07) is 0.593. The molecule has 21 heavy (non-hydrogen) atoms. The van der Waals surface area contributed by atoms with Crippen LogP contribution >= 0.6 is 11.3 Å². The largest absolute Gasteiger partial charge is 0.480 e. The molecule has 2 amide bonds.